The molecule has 2 fully saturated rings. The maximum Gasteiger partial charge on any atom is 0.238 e. The van der Waals surface area contributed by atoms with E-state index < -0.39 is 16.1 Å². The molecule has 1 amide bonds. The van der Waals surface area contributed by atoms with Crippen LogP contribution in [0.15, 0.2) is 0 Å². The fraction of sp³-hybridized carbons (Fsp3) is 0.923. The lowest BCUT2D eigenvalue weighted by Crippen LogP contribution is -2.48. The molecule has 19 heavy (non-hydrogen) atoms. The summed E-state index contributed by atoms with van der Waals surface area (Å²) in [6, 6.07) is -0.221. The predicted molar refractivity (Wildman–Crippen MR) is 74.2 cm³/mol. The summed E-state index contributed by atoms with van der Waals surface area (Å²) >= 11 is 0. The van der Waals surface area contributed by atoms with E-state index >= 15 is 0 Å². The Labute approximate surface area is 115 Å². The first-order valence-corrected chi connectivity index (χ1v) is 8.95. The molecule has 110 valence electrons. The van der Waals surface area contributed by atoms with Crippen molar-refractivity contribution >= 4 is 15.9 Å². The predicted octanol–water partition coefficient (Wildman–Crippen LogP) is 1.25. The molecule has 0 radical (unpaired) electrons. The number of carbonyl (C=O) groups is 1. The molecule has 1 atom stereocenters. The third-order valence-corrected chi connectivity index (χ3v) is 6.10. The quantitative estimate of drug-likeness (QED) is 0.828. The number of nitrogens with one attached hydrogen (secondary N) is 1. The molecule has 2 rings (SSSR count). The monoisotopic (exact) mass is 288 g/mol. The van der Waals surface area contributed by atoms with Gasteiger partial charge in [-0.05, 0) is 32.1 Å². The van der Waals surface area contributed by atoms with Crippen LogP contribution < -0.4 is 5.32 Å². The average molecular weight is 288 g/mol. The van der Waals surface area contributed by atoms with Gasteiger partial charge in [-0.25, -0.2) is 8.42 Å². The van der Waals surface area contributed by atoms with Crippen molar-refractivity contribution < 1.29 is 13.2 Å². The van der Waals surface area contributed by atoms with Crippen molar-refractivity contribution in [3.63, 3.8) is 0 Å². The molecule has 0 aromatic rings. The second-order valence-electron chi connectivity index (χ2n) is 5.57. The van der Waals surface area contributed by atoms with Gasteiger partial charge < -0.3 is 5.32 Å². The van der Waals surface area contributed by atoms with E-state index in [9.17, 15) is 13.2 Å². The summed E-state index contributed by atoms with van der Waals surface area (Å²) < 4.78 is 25.7. The largest absolute Gasteiger partial charge is 0.352 e. The minimum absolute atomic E-state index is 0.0934. The molecule has 0 aromatic carbocycles. The molecular formula is C13H24N2O3S. The Balaban J connectivity index is 1.99. The Kier molecular flexibility index (Phi) is 4.84. The van der Waals surface area contributed by atoms with Gasteiger partial charge in [0.25, 0.3) is 0 Å². The fourth-order valence-electron chi connectivity index (χ4n) is 3.08. The van der Waals surface area contributed by atoms with Crippen molar-refractivity contribution in [2.75, 3.05) is 12.3 Å². The van der Waals surface area contributed by atoms with Gasteiger partial charge in [0, 0.05) is 12.6 Å². The normalized spacial score (nSPS) is 25.8. The van der Waals surface area contributed by atoms with Gasteiger partial charge in [-0.2, -0.15) is 4.31 Å². The zero-order chi connectivity index (χ0) is 13.9. The number of sulfonamides is 1. The van der Waals surface area contributed by atoms with Gasteiger partial charge in [0.1, 0.15) is 6.04 Å². The second kappa shape index (κ2) is 6.22. The van der Waals surface area contributed by atoms with E-state index in [1.54, 1.807) is 0 Å². The lowest BCUT2D eigenvalue weighted by atomic mass is 10.2. The van der Waals surface area contributed by atoms with Crippen LogP contribution in [0.25, 0.3) is 0 Å². The Bertz CT molecular complexity index is 416. The van der Waals surface area contributed by atoms with Crippen LogP contribution in [0.5, 0.6) is 0 Å². The Morgan fingerprint density at radius 2 is 1.89 bits per heavy atom. The number of hydrogen-bond donors (Lipinski definition) is 1. The summed E-state index contributed by atoms with van der Waals surface area (Å²) in [6.07, 6.45) is 6.41. The molecule has 1 aliphatic heterocycles. The fourth-order valence-corrected chi connectivity index (χ4v) is 4.82. The van der Waals surface area contributed by atoms with Crippen LogP contribution in [0.1, 0.15) is 51.9 Å². The maximum absolute atomic E-state index is 12.2. The van der Waals surface area contributed by atoms with Gasteiger partial charge in [0.2, 0.25) is 15.9 Å². The molecule has 1 saturated heterocycles. The maximum atomic E-state index is 12.2. The zero-order valence-corrected chi connectivity index (χ0v) is 12.4. The van der Waals surface area contributed by atoms with Crippen LogP contribution in [-0.2, 0) is 14.8 Å². The molecule has 5 nitrogen and oxygen atoms in total. The number of amides is 1. The molecule has 2 aliphatic rings. The molecule has 1 aliphatic carbocycles. The number of rotatable bonds is 5. The zero-order valence-electron chi connectivity index (χ0n) is 11.6. The number of hydrogen-bond acceptors (Lipinski definition) is 3. The van der Waals surface area contributed by atoms with Crippen molar-refractivity contribution in [3.05, 3.63) is 0 Å². The van der Waals surface area contributed by atoms with Crippen molar-refractivity contribution in [2.24, 2.45) is 0 Å². The van der Waals surface area contributed by atoms with Crippen molar-refractivity contribution in [2.45, 2.75) is 64.0 Å². The highest BCUT2D eigenvalue weighted by atomic mass is 32.2. The highest BCUT2D eigenvalue weighted by molar-refractivity contribution is 7.89. The van der Waals surface area contributed by atoms with E-state index in [0.717, 1.165) is 32.1 Å². The van der Waals surface area contributed by atoms with E-state index in [0.29, 0.717) is 19.4 Å². The van der Waals surface area contributed by atoms with Gasteiger partial charge in [-0.15, -0.1) is 0 Å². The SMILES string of the molecule is CCCS(=O)(=O)N1CCC[C@@H]1C(=O)NC1CCCC1. The standard InChI is InChI=1S/C13H24N2O3S/c1-2-10-19(17,18)15-9-5-8-12(15)13(16)14-11-6-3-4-7-11/h11-12H,2-10H2,1H3,(H,14,16)/t12-/m1/s1. The van der Waals surface area contributed by atoms with Crippen molar-refractivity contribution in [3.8, 4) is 0 Å². The smallest absolute Gasteiger partial charge is 0.238 e. The molecule has 0 aromatic heterocycles. The van der Waals surface area contributed by atoms with E-state index in [1.807, 2.05) is 6.92 Å². The van der Waals surface area contributed by atoms with E-state index in [2.05, 4.69) is 5.32 Å². The molecule has 0 unspecified atom stereocenters. The van der Waals surface area contributed by atoms with Crippen molar-refractivity contribution in [1.29, 1.82) is 0 Å². The summed E-state index contributed by atoms with van der Waals surface area (Å²) in [5, 5.41) is 3.02. The topological polar surface area (TPSA) is 66.5 Å². The Morgan fingerprint density at radius 1 is 1.21 bits per heavy atom. The van der Waals surface area contributed by atoms with Crippen LogP contribution in [0.2, 0.25) is 0 Å². The lowest BCUT2D eigenvalue weighted by molar-refractivity contribution is -0.124. The molecule has 0 spiro atoms. The minimum atomic E-state index is -3.27. The van der Waals surface area contributed by atoms with Crippen LogP contribution in [0.4, 0.5) is 0 Å². The average Bonchev–Trinajstić information content (AvgIpc) is 2.98. The first kappa shape index (κ1) is 14.8. The van der Waals surface area contributed by atoms with E-state index in [1.165, 1.54) is 4.31 Å². The molecule has 0 bridgehead atoms. The molecule has 6 heteroatoms. The lowest BCUT2D eigenvalue weighted by Gasteiger charge is -2.24. The summed E-state index contributed by atoms with van der Waals surface area (Å²) in [5.41, 5.74) is 0. The molecule has 1 heterocycles. The van der Waals surface area contributed by atoms with E-state index in [-0.39, 0.29) is 17.7 Å². The van der Waals surface area contributed by atoms with Crippen LogP contribution >= 0.6 is 0 Å². The highest BCUT2D eigenvalue weighted by Crippen LogP contribution is 2.23. The van der Waals surface area contributed by atoms with Gasteiger partial charge >= 0.3 is 0 Å². The first-order chi connectivity index (χ1) is 9.04. The Morgan fingerprint density at radius 3 is 2.53 bits per heavy atom. The van der Waals surface area contributed by atoms with Gasteiger partial charge in [-0.1, -0.05) is 19.8 Å². The summed E-state index contributed by atoms with van der Waals surface area (Å²) in [7, 11) is -3.27. The third-order valence-electron chi connectivity index (χ3n) is 4.03. The van der Waals surface area contributed by atoms with Crippen LogP contribution in [0, 0.1) is 0 Å². The summed E-state index contributed by atoms with van der Waals surface area (Å²) in [6.45, 7) is 2.34. The summed E-state index contributed by atoms with van der Waals surface area (Å²) in [4.78, 5) is 12.2. The minimum Gasteiger partial charge on any atom is -0.352 e. The van der Waals surface area contributed by atoms with Crippen molar-refractivity contribution in [1.82, 2.24) is 9.62 Å². The number of nitrogens with zero attached hydrogens (tertiary/aromatic N) is 1. The highest BCUT2D eigenvalue weighted by Gasteiger charge is 2.38. The number of carbonyl (C=O) groups excluding carboxylic acids is 1. The third kappa shape index (κ3) is 3.48. The van der Waals surface area contributed by atoms with Gasteiger partial charge in [-0.3, -0.25) is 4.79 Å². The first-order valence-electron chi connectivity index (χ1n) is 7.34. The summed E-state index contributed by atoms with van der Waals surface area (Å²) in [5.74, 6) is 0.0456. The van der Waals surface area contributed by atoms with Crippen LogP contribution in [0.3, 0.4) is 0 Å². The Hall–Kier alpha value is -0.620. The van der Waals surface area contributed by atoms with Gasteiger partial charge in [0.05, 0.1) is 5.75 Å². The second-order valence-corrected chi connectivity index (χ2v) is 7.62. The van der Waals surface area contributed by atoms with Crippen LogP contribution in [-0.4, -0.2) is 43.0 Å². The van der Waals surface area contributed by atoms with E-state index in [4.69, 9.17) is 0 Å². The van der Waals surface area contributed by atoms with Gasteiger partial charge in [0.15, 0.2) is 0 Å². The molecule has 1 saturated carbocycles. The molecular weight excluding hydrogens is 264 g/mol. The molecule has 1 N–H and O–H groups in total.